The lowest BCUT2D eigenvalue weighted by molar-refractivity contribution is -0.114. The van der Waals surface area contributed by atoms with Crippen molar-refractivity contribution in [2.45, 2.75) is 13.8 Å². The number of halogens is 5. The first-order chi connectivity index (χ1) is 11.7. The Kier molecular flexibility index (Phi) is 4.19. The van der Waals surface area contributed by atoms with Crippen LogP contribution in [0.4, 0.5) is 27.6 Å². The van der Waals surface area contributed by atoms with E-state index in [9.17, 15) is 26.7 Å². The van der Waals surface area contributed by atoms with Crippen LogP contribution < -0.4 is 5.01 Å². The van der Waals surface area contributed by atoms with Crippen LogP contribution in [0.25, 0.3) is 6.08 Å². The Hall–Kier alpha value is -2.55. The van der Waals surface area contributed by atoms with Crippen LogP contribution in [0, 0.1) is 36.0 Å². The minimum absolute atomic E-state index is 0.00879. The highest BCUT2D eigenvalue weighted by atomic mass is 32.1. The summed E-state index contributed by atoms with van der Waals surface area (Å²) >= 11 is 1.33. The van der Waals surface area contributed by atoms with E-state index >= 15 is 0 Å². The summed E-state index contributed by atoms with van der Waals surface area (Å²) in [5.41, 5.74) is -0.420. The molecular formula is C16H9F5N2OS. The summed E-state index contributed by atoms with van der Waals surface area (Å²) in [5, 5.41) is 5.65. The van der Waals surface area contributed by atoms with Crippen molar-refractivity contribution >= 4 is 34.7 Å². The molecule has 0 radical (unpaired) electrons. The van der Waals surface area contributed by atoms with Crippen LogP contribution in [0.5, 0.6) is 0 Å². The van der Waals surface area contributed by atoms with Gasteiger partial charge in [0, 0.05) is 4.88 Å². The topological polar surface area (TPSA) is 32.7 Å². The first-order valence-corrected chi connectivity index (χ1v) is 7.79. The van der Waals surface area contributed by atoms with E-state index in [0.717, 1.165) is 10.4 Å². The second-order valence-corrected chi connectivity index (χ2v) is 6.19. The molecule has 0 aliphatic carbocycles. The Morgan fingerprint density at radius 2 is 1.56 bits per heavy atom. The molecule has 0 spiro atoms. The van der Waals surface area contributed by atoms with Gasteiger partial charge >= 0.3 is 0 Å². The number of rotatable bonds is 2. The van der Waals surface area contributed by atoms with Crippen molar-refractivity contribution in [1.29, 1.82) is 0 Å². The summed E-state index contributed by atoms with van der Waals surface area (Å²) in [5.74, 6) is -11.8. The maximum Gasteiger partial charge on any atom is 0.280 e. The van der Waals surface area contributed by atoms with Crippen LogP contribution in [0.2, 0.25) is 0 Å². The van der Waals surface area contributed by atoms with Crippen LogP contribution in [-0.4, -0.2) is 11.6 Å². The van der Waals surface area contributed by atoms with Crippen LogP contribution in [-0.2, 0) is 4.79 Å². The van der Waals surface area contributed by atoms with Gasteiger partial charge in [-0.3, -0.25) is 4.79 Å². The molecule has 1 aromatic carbocycles. The normalized spacial score (nSPS) is 16.1. The largest absolute Gasteiger partial charge is 0.280 e. The van der Waals surface area contributed by atoms with Gasteiger partial charge in [-0.1, -0.05) is 0 Å². The van der Waals surface area contributed by atoms with Gasteiger partial charge in [0.05, 0.1) is 11.3 Å². The summed E-state index contributed by atoms with van der Waals surface area (Å²) < 4.78 is 67.7. The van der Waals surface area contributed by atoms with Gasteiger partial charge < -0.3 is 0 Å². The summed E-state index contributed by atoms with van der Waals surface area (Å²) in [6, 6.07) is 1.81. The highest BCUT2D eigenvalue weighted by molar-refractivity contribution is 7.11. The highest BCUT2D eigenvalue weighted by Crippen LogP contribution is 2.34. The number of hydrogen-bond donors (Lipinski definition) is 0. The van der Waals surface area contributed by atoms with E-state index < -0.39 is 40.7 Å². The SMILES string of the molecule is CC1=NN(c2c(F)c(F)c(F)c(F)c2F)C(=O)/C1=C/c1sccc1C. The van der Waals surface area contributed by atoms with Crippen molar-refractivity contribution in [3.8, 4) is 0 Å². The zero-order valence-electron chi connectivity index (χ0n) is 12.8. The number of carbonyl (C=O) groups excluding carboxylic acids is 1. The first kappa shape index (κ1) is 17.3. The zero-order valence-corrected chi connectivity index (χ0v) is 13.6. The molecule has 1 amide bonds. The van der Waals surface area contributed by atoms with Crippen molar-refractivity contribution in [3.63, 3.8) is 0 Å². The van der Waals surface area contributed by atoms with Crippen LogP contribution in [0.15, 0.2) is 22.1 Å². The van der Waals surface area contributed by atoms with Gasteiger partial charge in [-0.2, -0.15) is 10.1 Å². The molecule has 9 heteroatoms. The molecule has 2 heterocycles. The molecule has 0 N–H and O–H groups in total. The molecule has 0 atom stereocenters. The molecular weight excluding hydrogens is 363 g/mol. The average molecular weight is 372 g/mol. The molecule has 0 unspecified atom stereocenters. The Balaban J connectivity index is 2.12. The lowest BCUT2D eigenvalue weighted by Gasteiger charge is -2.15. The molecule has 130 valence electrons. The van der Waals surface area contributed by atoms with Crippen LogP contribution in [0.1, 0.15) is 17.4 Å². The number of amides is 1. The second kappa shape index (κ2) is 6.07. The fourth-order valence-electron chi connectivity index (χ4n) is 2.28. The van der Waals surface area contributed by atoms with Gasteiger partial charge in [0.25, 0.3) is 5.91 Å². The summed E-state index contributed by atoms with van der Waals surface area (Å²) in [6.45, 7) is 3.20. The number of aryl methyl sites for hydroxylation is 1. The summed E-state index contributed by atoms with van der Waals surface area (Å²) in [6.07, 6.45) is 1.47. The van der Waals surface area contributed by atoms with E-state index in [1.807, 2.05) is 6.07 Å². The molecule has 1 aliphatic rings. The molecule has 0 fully saturated rings. The third-order valence-corrected chi connectivity index (χ3v) is 4.60. The number of nitrogens with zero attached hydrogens (tertiary/aromatic N) is 2. The third-order valence-electron chi connectivity index (χ3n) is 3.64. The van der Waals surface area contributed by atoms with Crippen LogP contribution >= 0.6 is 11.3 Å². The molecule has 0 bridgehead atoms. The number of anilines is 1. The van der Waals surface area contributed by atoms with Crippen molar-refractivity contribution in [3.05, 3.63) is 56.5 Å². The van der Waals surface area contributed by atoms with Gasteiger partial charge in [-0.25, -0.2) is 22.0 Å². The van der Waals surface area contributed by atoms with Crippen molar-refractivity contribution in [1.82, 2.24) is 0 Å². The molecule has 0 saturated carbocycles. The van der Waals surface area contributed by atoms with Crippen molar-refractivity contribution in [2.24, 2.45) is 5.10 Å². The van der Waals surface area contributed by atoms with Gasteiger partial charge in [0.1, 0.15) is 5.69 Å². The molecule has 3 rings (SSSR count). The highest BCUT2D eigenvalue weighted by Gasteiger charge is 2.37. The van der Waals surface area contributed by atoms with Crippen molar-refractivity contribution in [2.75, 3.05) is 5.01 Å². The molecule has 0 saturated heterocycles. The molecule has 1 aromatic heterocycles. The molecule has 3 nitrogen and oxygen atoms in total. The van der Waals surface area contributed by atoms with E-state index in [0.29, 0.717) is 0 Å². The Bertz CT molecular complexity index is 935. The van der Waals surface area contributed by atoms with Crippen LogP contribution in [0.3, 0.4) is 0 Å². The van der Waals surface area contributed by atoms with E-state index in [1.54, 1.807) is 12.3 Å². The fourth-order valence-corrected chi connectivity index (χ4v) is 3.14. The number of benzene rings is 1. The lowest BCUT2D eigenvalue weighted by Crippen LogP contribution is -2.25. The predicted molar refractivity (Wildman–Crippen MR) is 83.9 cm³/mol. The first-order valence-electron chi connectivity index (χ1n) is 6.91. The molecule has 1 aliphatic heterocycles. The Labute approximate surface area is 142 Å². The average Bonchev–Trinajstić information content (AvgIpc) is 3.10. The van der Waals surface area contributed by atoms with Gasteiger partial charge in [0.2, 0.25) is 5.82 Å². The smallest absolute Gasteiger partial charge is 0.267 e. The maximum absolute atomic E-state index is 13.9. The Morgan fingerprint density at radius 1 is 1.00 bits per heavy atom. The quantitative estimate of drug-likeness (QED) is 0.329. The van der Waals surface area contributed by atoms with Gasteiger partial charge in [-0.15, -0.1) is 11.3 Å². The maximum atomic E-state index is 13.9. The van der Waals surface area contributed by atoms with E-state index in [-0.39, 0.29) is 16.3 Å². The minimum atomic E-state index is -2.30. The second-order valence-electron chi connectivity index (χ2n) is 5.25. The molecule has 25 heavy (non-hydrogen) atoms. The van der Waals surface area contributed by atoms with E-state index in [4.69, 9.17) is 0 Å². The number of carbonyl (C=O) groups is 1. The number of thiophene rings is 1. The standard InChI is InChI=1S/C16H9F5N2OS/c1-6-3-4-25-9(6)5-8-7(2)22-23(16(8)24)15-13(20)11(18)10(17)12(19)14(15)21/h3-5H,1-2H3/b8-5+. The third kappa shape index (κ3) is 2.64. The lowest BCUT2D eigenvalue weighted by atomic mass is 10.1. The van der Waals surface area contributed by atoms with Crippen molar-refractivity contribution < 1.29 is 26.7 Å². The summed E-state index contributed by atoms with van der Waals surface area (Å²) in [7, 11) is 0. The predicted octanol–water partition coefficient (Wildman–Crippen LogP) is 4.56. The zero-order chi connectivity index (χ0) is 18.5. The van der Waals surface area contributed by atoms with Gasteiger partial charge in [0.15, 0.2) is 23.3 Å². The number of hydrogen-bond acceptors (Lipinski definition) is 3. The summed E-state index contributed by atoms with van der Waals surface area (Å²) in [4.78, 5) is 13.2. The monoisotopic (exact) mass is 372 g/mol. The van der Waals surface area contributed by atoms with E-state index in [2.05, 4.69) is 5.10 Å². The minimum Gasteiger partial charge on any atom is -0.267 e. The van der Waals surface area contributed by atoms with Gasteiger partial charge in [-0.05, 0) is 36.9 Å². The number of hydrazone groups is 1. The molecule has 2 aromatic rings. The van der Waals surface area contributed by atoms with E-state index in [1.165, 1.54) is 24.3 Å². The Morgan fingerprint density at radius 3 is 2.08 bits per heavy atom. The fraction of sp³-hybridized carbons (Fsp3) is 0.125.